The lowest BCUT2D eigenvalue weighted by atomic mass is 10.00. The minimum atomic E-state index is -5.15. The predicted molar refractivity (Wildman–Crippen MR) is 133 cm³/mol. The van der Waals surface area contributed by atoms with Gasteiger partial charge in [-0.2, -0.15) is 31.4 Å². The molecule has 0 radical (unpaired) electrons. The molecule has 1 atom stereocenters. The molecule has 0 saturated carbocycles. The maximum atomic E-state index is 14.3. The molecule has 42 heavy (non-hydrogen) atoms. The van der Waals surface area contributed by atoms with Gasteiger partial charge in [0.1, 0.15) is 22.9 Å². The molecule has 2 aliphatic rings. The Morgan fingerprint density at radius 2 is 1.69 bits per heavy atom. The van der Waals surface area contributed by atoms with Gasteiger partial charge < -0.3 is 9.84 Å². The van der Waals surface area contributed by atoms with Crippen molar-refractivity contribution in [1.29, 1.82) is 0 Å². The third-order valence-corrected chi connectivity index (χ3v) is 6.19. The molecule has 3 heterocycles. The molecule has 0 bridgehead atoms. The van der Waals surface area contributed by atoms with E-state index >= 15 is 0 Å². The number of alkyl halides is 6. The predicted octanol–water partition coefficient (Wildman–Crippen LogP) is 6.39. The zero-order valence-corrected chi connectivity index (χ0v) is 21.5. The molecule has 218 valence electrons. The van der Waals surface area contributed by atoms with Crippen LogP contribution in [0.5, 0.6) is 0 Å². The molecule has 8 nitrogen and oxygen atoms in total. The molecule has 5 rings (SSSR count). The molecule has 0 aliphatic carbocycles. The first-order valence-electron chi connectivity index (χ1n) is 12.4. The minimum Gasteiger partial charge on any atom is -0.358 e. The summed E-state index contributed by atoms with van der Waals surface area (Å²) in [4.78, 5) is 21.8. The van der Waals surface area contributed by atoms with Crippen LogP contribution < -0.4 is 5.32 Å². The van der Waals surface area contributed by atoms with Crippen LogP contribution in [0.15, 0.2) is 65.4 Å². The highest BCUT2D eigenvalue weighted by Crippen LogP contribution is 2.41. The van der Waals surface area contributed by atoms with E-state index in [1.54, 1.807) is 13.0 Å². The number of aromatic nitrogens is 5. The lowest BCUT2D eigenvalue weighted by Gasteiger charge is -2.17. The van der Waals surface area contributed by atoms with Gasteiger partial charge >= 0.3 is 12.4 Å². The first kappa shape index (κ1) is 28.7. The Labute approximate surface area is 232 Å². The van der Waals surface area contributed by atoms with Gasteiger partial charge in [-0.05, 0) is 30.7 Å². The summed E-state index contributed by atoms with van der Waals surface area (Å²) < 4.78 is 101. The quantitative estimate of drug-likeness (QED) is 0.220. The van der Waals surface area contributed by atoms with Crippen LogP contribution in [0.4, 0.5) is 30.7 Å². The molecular weight excluding hydrogens is 573 g/mol. The number of carbonyl (C=O) groups is 1. The topological polar surface area (TPSA) is 98.7 Å². The van der Waals surface area contributed by atoms with Crippen LogP contribution in [0.1, 0.15) is 36.3 Å². The van der Waals surface area contributed by atoms with Crippen molar-refractivity contribution >= 4 is 5.91 Å². The number of rotatable bonds is 7. The van der Waals surface area contributed by atoms with E-state index in [2.05, 4.69) is 25.5 Å². The molecular formula is C27H19F7N6O2. The number of fused-ring (bicyclic) bond motifs is 1. The number of imidazole rings is 1. The summed E-state index contributed by atoms with van der Waals surface area (Å²) in [5.41, 5.74) is -3.57. The standard InChI is InChI=1S/C27H19F7N6O2/c1-2-9-35-25(41)23(40-13-21-20(12-36-40)37-24(38-21)16-5-3-4-6-18(16)28)22-11-19(39-42-22)15-8-7-14(26(29,30)31)10-17(15)27(32,33)34/h3-8,10-13,23H,2,9H2,1H3,(H,35,41). The van der Waals surface area contributed by atoms with Gasteiger partial charge in [-0.3, -0.25) is 9.48 Å². The van der Waals surface area contributed by atoms with Gasteiger partial charge in [0, 0.05) is 18.2 Å². The van der Waals surface area contributed by atoms with Crippen LogP contribution in [0, 0.1) is 5.82 Å². The van der Waals surface area contributed by atoms with Crippen molar-refractivity contribution < 1.29 is 40.1 Å². The number of carbonyl (C=O) groups excluding carboxylic acids is 1. The van der Waals surface area contributed by atoms with Crippen molar-refractivity contribution in [2.45, 2.75) is 31.7 Å². The Hall–Kier alpha value is -4.82. The fraction of sp³-hybridized carbons (Fsp3) is 0.222. The highest BCUT2D eigenvalue weighted by Gasteiger charge is 2.39. The molecule has 2 aromatic carbocycles. The van der Waals surface area contributed by atoms with Gasteiger partial charge in [0.25, 0.3) is 5.91 Å². The fourth-order valence-electron chi connectivity index (χ4n) is 4.19. The number of amides is 1. The monoisotopic (exact) mass is 592 g/mol. The Kier molecular flexibility index (Phi) is 7.43. The molecule has 1 N–H and O–H groups in total. The number of nitrogens with one attached hydrogen (secondary N) is 1. The van der Waals surface area contributed by atoms with E-state index in [-0.39, 0.29) is 41.1 Å². The SMILES string of the molecule is CCCNC(=O)C(c1cc(-c2ccc(C(F)(F)F)cc2C(F)(F)F)no1)n1cc2nc(-c3ccccc3F)nc-2cn1. The first-order chi connectivity index (χ1) is 19.9. The molecule has 0 spiro atoms. The number of halogens is 7. The molecule has 1 unspecified atom stereocenters. The normalized spacial score (nSPS) is 13.0. The second-order valence-electron chi connectivity index (χ2n) is 9.12. The number of hydrogen-bond acceptors (Lipinski definition) is 6. The van der Waals surface area contributed by atoms with Crippen LogP contribution in [0.25, 0.3) is 34.0 Å². The summed E-state index contributed by atoms with van der Waals surface area (Å²) in [6, 6.07) is 6.58. The van der Waals surface area contributed by atoms with E-state index < -0.39 is 52.5 Å². The maximum Gasteiger partial charge on any atom is 0.417 e. The smallest absolute Gasteiger partial charge is 0.358 e. The van der Waals surface area contributed by atoms with E-state index in [1.165, 1.54) is 30.6 Å². The van der Waals surface area contributed by atoms with Crippen molar-refractivity contribution in [3.63, 3.8) is 0 Å². The van der Waals surface area contributed by atoms with Gasteiger partial charge in [-0.15, -0.1) is 0 Å². The van der Waals surface area contributed by atoms with Crippen LogP contribution in [-0.2, 0) is 17.1 Å². The van der Waals surface area contributed by atoms with E-state index in [1.807, 2.05) is 0 Å². The van der Waals surface area contributed by atoms with Crippen molar-refractivity contribution in [2.24, 2.45) is 0 Å². The Morgan fingerprint density at radius 1 is 0.952 bits per heavy atom. The van der Waals surface area contributed by atoms with Crippen molar-refractivity contribution in [1.82, 2.24) is 30.2 Å². The average Bonchev–Trinajstić information content (AvgIpc) is 3.58. The third-order valence-electron chi connectivity index (χ3n) is 6.19. The summed E-state index contributed by atoms with van der Waals surface area (Å²) in [5.74, 6) is -1.40. The summed E-state index contributed by atoms with van der Waals surface area (Å²) in [5, 5.41) is 10.5. The molecule has 2 aliphatic heterocycles. The van der Waals surface area contributed by atoms with Gasteiger partial charge in [0.05, 0.1) is 29.1 Å². The van der Waals surface area contributed by atoms with Crippen LogP contribution in [0.3, 0.4) is 0 Å². The van der Waals surface area contributed by atoms with Gasteiger partial charge in [-0.1, -0.05) is 30.3 Å². The van der Waals surface area contributed by atoms with Crippen LogP contribution in [0.2, 0.25) is 0 Å². The van der Waals surface area contributed by atoms with Crippen molar-refractivity contribution in [3.05, 3.63) is 83.6 Å². The molecule has 0 fully saturated rings. The van der Waals surface area contributed by atoms with E-state index in [0.29, 0.717) is 18.6 Å². The van der Waals surface area contributed by atoms with E-state index in [0.717, 1.165) is 10.7 Å². The second kappa shape index (κ2) is 10.9. The molecule has 15 heteroatoms. The molecule has 3 aromatic rings. The summed E-state index contributed by atoms with van der Waals surface area (Å²) in [6.45, 7) is 2.04. The highest BCUT2D eigenvalue weighted by atomic mass is 19.4. The zero-order chi connectivity index (χ0) is 30.2. The minimum absolute atomic E-state index is 0.0133. The number of benzene rings is 2. The number of hydrogen-bond donors (Lipinski definition) is 1. The lowest BCUT2D eigenvalue weighted by molar-refractivity contribution is -0.142. The van der Waals surface area contributed by atoms with E-state index in [9.17, 15) is 35.5 Å². The summed E-state index contributed by atoms with van der Waals surface area (Å²) in [6.07, 6.45) is -7.02. The first-order valence-corrected chi connectivity index (χ1v) is 12.4. The highest BCUT2D eigenvalue weighted by molar-refractivity contribution is 5.83. The molecule has 1 amide bonds. The third kappa shape index (κ3) is 5.66. The Balaban J connectivity index is 1.57. The van der Waals surface area contributed by atoms with Gasteiger partial charge in [-0.25, -0.2) is 14.4 Å². The largest absolute Gasteiger partial charge is 0.417 e. The van der Waals surface area contributed by atoms with Crippen molar-refractivity contribution in [2.75, 3.05) is 6.54 Å². The van der Waals surface area contributed by atoms with Gasteiger partial charge in [0.15, 0.2) is 17.6 Å². The zero-order valence-electron chi connectivity index (χ0n) is 21.5. The maximum absolute atomic E-state index is 14.3. The number of nitrogens with zero attached hydrogens (tertiary/aromatic N) is 5. The molecule has 0 saturated heterocycles. The Morgan fingerprint density at radius 3 is 2.38 bits per heavy atom. The van der Waals surface area contributed by atoms with Crippen LogP contribution >= 0.6 is 0 Å². The summed E-state index contributed by atoms with van der Waals surface area (Å²) in [7, 11) is 0. The van der Waals surface area contributed by atoms with E-state index in [4.69, 9.17) is 4.52 Å². The van der Waals surface area contributed by atoms with Crippen LogP contribution in [-0.4, -0.2) is 37.4 Å². The molecule has 1 aromatic heterocycles. The second-order valence-corrected chi connectivity index (χ2v) is 9.12. The Bertz CT molecular complexity index is 1710. The fourth-order valence-corrected chi connectivity index (χ4v) is 4.19. The lowest BCUT2D eigenvalue weighted by Crippen LogP contribution is -2.34. The summed E-state index contributed by atoms with van der Waals surface area (Å²) >= 11 is 0. The van der Waals surface area contributed by atoms with Crippen molar-refractivity contribution in [3.8, 4) is 34.0 Å². The average molecular weight is 592 g/mol. The van der Waals surface area contributed by atoms with Gasteiger partial charge in [0.2, 0.25) is 0 Å².